The second kappa shape index (κ2) is 8.36. The zero-order valence-corrected chi connectivity index (χ0v) is 15.8. The Morgan fingerprint density at radius 1 is 0.567 bits per heavy atom. The predicted octanol–water partition coefficient (Wildman–Crippen LogP) is 2.22. The largest absolute Gasteiger partial charge is 0.481 e. The van der Waals surface area contributed by atoms with Crippen molar-refractivity contribution in [2.75, 3.05) is 0 Å². The van der Waals surface area contributed by atoms with Crippen LogP contribution in [0, 0.1) is 11.8 Å². The smallest absolute Gasteiger partial charge is 0.311 e. The molecule has 0 heterocycles. The number of fused-ring (bicyclic) bond motifs is 2. The van der Waals surface area contributed by atoms with Crippen LogP contribution in [-0.4, -0.2) is 44.3 Å². The standard InChI is InChI=1S/2C11H10O4/c2*12-10(13)8-5-6-3-1-2-4-7(6)9(8)11(14)15/h2*1-4,8-9H,5H2,(H,12,13)(H,14,15)/t2*8-,9-/m10/s1. The summed E-state index contributed by atoms with van der Waals surface area (Å²) in [6.07, 6.45) is 0.616. The molecule has 156 valence electrons. The Morgan fingerprint density at radius 3 is 1.20 bits per heavy atom. The van der Waals surface area contributed by atoms with Gasteiger partial charge >= 0.3 is 23.9 Å². The van der Waals surface area contributed by atoms with E-state index in [-0.39, 0.29) is 0 Å². The van der Waals surface area contributed by atoms with Gasteiger partial charge in [0.2, 0.25) is 0 Å². The number of hydrogen-bond acceptors (Lipinski definition) is 4. The molecule has 0 aromatic heterocycles. The molecule has 0 saturated heterocycles. The van der Waals surface area contributed by atoms with Gasteiger partial charge in [0, 0.05) is 0 Å². The third-order valence-corrected chi connectivity index (χ3v) is 5.63. The summed E-state index contributed by atoms with van der Waals surface area (Å²) < 4.78 is 0. The van der Waals surface area contributed by atoms with Crippen LogP contribution in [0.3, 0.4) is 0 Å². The van der Waals surface area contributed by atoms with E-state index in [0.29, 0.717) is 24.0 Å². The van der Waals surface area contributed by atoms with Crippen molar-refractivity contribution in [2.24, 2.45) is 11.8 Å². The first-order valence-electron chi connectivity index (χ1n) is 9.29. The molecule has 2 aliphatic rings. The first-order chi connectivity index (χ1) is 14.2. The second-order valence-electron chi connectivity index (χ2n) is 7.33. The Balaban J connectivity index is 0.000000171. The molecule has 0 amide bonds. The average molecular weight is 412 g/mol. The van der Waals surface area contributed by atoms with Crippen molar-refractivity contribution in [2.45, 2.75) is 24.7 Å². The van der Waals surface area contributed by atoms with Crippen LogP contribution in [0.4, 0.5) is 0 Å². The summed E-state index contributed by atoms with van der Waals surface area (Å²) in [5.74, 6) is -7.69. The maximum absolute atomic E-state index is 11.0. The van der Waals surface area contributed by atoms with Crippen LogP contribution in [0.15, 0.2) is 48.5 Å². The molecule has 8 nitrogen and oxygen atoms in total. The van der Waals surface area contributed by atoms with Gasteiger partial charge < -0.3 is 20.4 Å². The van der Waals surface area contributed by atoms with Crippen LogP contribution in [-0.2, 0) is 32.0 Å². The van der Waals surface area contributed by atoms with E-state index in [2.05, 4.69) is 0 Å². The number of aliphatic carboxylic acids is 4. The van der Waals surface area contributed by atoms with Crippen LogP contribution < -0.4 is 0 Å². The molecule has 8 heteroatoms. The molecular weight excluding hydrogens is 392 g/mol. The lowest BCUT2D eigenvalue weighted by atomic mass is 9.93. The van der Waals surface area contributed by atoms with Crippen molar-refractivity contribution >= 4 is 23.9 Å². The summed E-state index contributed by atoms with van der Waals surface area (Å²) in [7, 11) is 0. The molecule has 30 heavy (non-hydrogen) atoms. The Labute approximate surface area is 171 Å². The van der Waals surface area contributed by atoms with E-state index in [1.165, 1.54) is 0 Å². The summed E-state index contributed by atoms with van der Waals surface area (Å²) in [4.78, 5) is 43.9. The molecule has 2 aromatic rings. The molecular formula is C22H20O8. The fraction of sp³-hybridized carbons (Fsp3) is 0.273. The molecule has 0 bridgehead atoms. The van der Waals surface area contributed by atoms with Crippen LogP contribution in [0.5, 0.6) is 0 Å². The Morgan fingerprint density at radius 2 is 0.900 bits per heavy atom. The Hall–Kier alpha value is -3.68. The summed E-state index contributed by atoms with van der Waals surface area (Å²) in [6, 6.07) is 14.0. The van der Waals surface area contributed by atoms with Gasteiger partial charge in [-0.25, -0.2) is 0 Å². The van der Waals surface area contributed by atoms with Gasteiger partial charge in [0.05, 0.1) is 23.7 Å². The van der Waals surface area contributed by atoms with Gasteiger partial charge in [-0.05, 0) is 35.1 Å². The zero-order valence-electron chi connectivity index (χ0n) is 15.8. The highest BCUT2D eigenvalue weighted by atomic mass is 16.4. The van der Waals surface area contributed by atoms with E-state index < -0.39 is 47.5 Å². The molecule has 2 aliphatic carbocycles. The SMILES string of the molecule is O=C(O)[C@@H]1c2ccccc2C[C@H]1C(=O)O.O=C(O)[C@H]1Cc2ccccc2[C@@H]1C(=O)O. The van der Waals surface area contributed by atoms with Crippen molar-refractivity contribution in [1.82, 2.24) is 0 Å². The monoisotopic (exact) mass is 412 g/mol. The lowest BCUT2D eigenvalue weighted by Gasteiger charge is -2.11. The van der Waals surface area contributed by atoms with Crippen LogP contribution >= 0.6 is 0 Å². The molecule has 0 fully saturated rings. The summed E-state index contributed by atoms with van der Waals surface area (Å²) in [6.45, 7) is 0. The minimum absolute atomic E-state index is 0.308. The van der Waals surface area contributed by atoms with E-state index in [0.717, 1.165) is 11.1 Å². The van der Waals surface area contributed by atoms with E-state index in [9.17, 15) is 19.2 Å². The van der Waals surface area contributed by atoms with Crippen molar-refractivity contribution in [3.8, 4) is 0 Å². The summed E-state index contributed by atoms with van der Waals surface area (Å²) in [5, 5.41) is 35.9. The number of carboxylic acids is 4. The van der Waals surface area contributed by atoms with E-state index in [4.69, 9.17) is 20.4 Å². The summed E-state index contributed by atoms with van der Waals surface area (Å²) >= 11 is 0. The second-order valence-corrected chi connectivity index (χ2v) is 7.33. The van der Waals surface area contributed by atoms with Crippen LogP contribution in [0.1, 0.15) is 34.1 Å². The highest BCUT2D eigenvalue weighted by Gasteiger charge is 2.42. The van der Waals surface area contributed by atoms with Gasteiger partial charge in [0.1, 0.15) is 0 Å². The Bertz CT molecular complexity index is 930. The first-order valence-corrected chi connectivity index (χ1v) is 9.29. The van der Waals surface area contributed by atoms with Gasteiger partial charge in [-0.1, -0.05) is 48.5 Å². The van der Waals surface area contributed by atoms with E-state index in [1.54, 1.807) is 48.5 Å². The highest BCUT2D eigenvalue weighted by Crippen LogP contribution is 2.39. The zero-order chi connectivity index (χ0) is 22.0. The molecule has 0 aliphatic heterocycles. The van der Waals surface area contributed by atoms with Gasteiger partial charge in [-0.15, -0.1) is 0 Å². The van der Waals surface area contributed by atoms with Crippen molar-refractivity contribution in [1.29, 1.82) is 0 Å². The minimum atomic E-state index is -1.06. The number of hydrogen-bond donors (Lipinski definition) is 4. The summed E-state index contributed by atoms with van der Waals surface area (Å²) in [5.41, 5.74) is 2.93. The van der Waals surface area contributed by atoms with E-state index >= 15 is 0 Å². The molecule has 0 saturated carbocycles. The molecule has 0 spiro atoms. The molecule has 4 N–H and O–H groups in total. The molecule has 0 radical (unpaired) electrons. The normalized spacial score (nSPS) is 23.5. The molecule has 4 rings (SSSR count). The highest BCUT2D eigenvalue weighted by molar-refractivity contribution is 5.87. The molecule has 0 unspecified atom stereocenters. The maximum atomic E-state index is 11.0. The van der Waals surface area contributed by atoms with Crippen LogP contribution in [0.2, 0.25) is 0 Å². The van der Waals surface area contributed by atoms with E-state index in [1.807, 2.05) is 0 Å². The Kier molecular flexibility index (Phi) is 5.86. The average Bonchev–Trinajstić information content (AvgIpc) is 3.27. The van der Waals surface area contributed by atoms with Crippen molar-refractivity contribution in [3.63, 3.8) is 0 Å². The van der Waals surface area contributed by atoms with Gasteiger partial charge in [0.15, 0.2) is 0 Å². The molecule has 2 aromatic carbocycles. The minimum Gasteiger partial charge on any atom is -0.481 e. The lowest BCUT2D eigenvalue weighted by Crippen LogP contribution is -2.24. The number of rotatable bonds is 4. The number of carboxylic acid groups (broad SMARTS) is 4. The maximum Gasteiger partial charge on any atom is 0.311 e. The predicted molar refractivity (Wildman–Crippen MR) is 103 cm³/mol. The van der Waals surface area contributed by atoms with Crippen LogP contribution in [0.25, 0.3) is 0 Å². The fourth-order valence-corrected chi connectivity index (χ4v) is 4.26. The van der Waals surface area contributed by atoms with Gasteiger partial charge in [0.25, 0.3) is 0 Å². The first kappa shape index (κ1) is 21.0. The third-order valence-electron chi connectivity index (χ3n) is 5.63. The number of carbonyl (C=O) groups is 4. The fourth-order valence-electron chi connectivity index (χ4n) is 4.26. The van der Waals surface area contributed by atoms with Crippen molar-refractivity contribution < 1.29 is 39.6 Å². The number of benzene rings is 2. The quantitative estimate of drug-likeness (QED) is 0.597. The van der Waals surface area contributed by atoms with Crippen molar-refractivity contribution in [3.05, 3.63) is 70.8 Å². The van der Waals surface area contributed by atoms with Gasteiger partial charge in [-0.2, -0.15) is 0 Å². The topological polar surface area (TPSA) is 149 Å². The lowest BCUT2D eigenvalue weighted by molar-refractivity contribution is -0.149. The molecule has 4 atom stereocenters. The van der Waals surface area contributed by atoms with Gasteiger partial charge in [-0.3, -0.25) is 19.2 Å². The third kappa shape index (κ3) is 3.89.